The van der Waals surface area contributed by atoms with E-state index in [0.717, 1.165) is 12.2 Å². The van der Waals surface area contributed by atoms with E-state index in [-0.39, 0.29) is 5.92 Å². The Morgan fingerprint density at radius 2 is 2.20 bits per heavy atom. The van der Waals surface area contributed by atoms with Gasteiger partial charge in [0, 0.05) is 5.92 Å². The molecule has 2 rings (SSSR count). The molecule has 1 aliphatic rings. The van der Waals surface area contributed by atoms with Crippen LogP contribution in [0.1, 0.15) is 31.7 Å². The second kappa shape index (κ2) is 4.05. The first-order valence-electron chi connectivity index (χ1n) is 5.46. The molecular formula is C13H16O2. The Bertz CT molecular complexity index is 371. The van der Waals surface area contributed by atoms with Gasteiger partial charge in [-0.25, -0.2) is 0 Å². The van der Waals surface area contributed by atoms with Crippen molar-refractivity contribution in [1.29, 1.82) is 0 Å². The fraction of sp³-hybridized carbons (Fsp3) is 0.462. The molecule has 0 bridgehead atoms. The number of benzene rings is 1. The quantitative estimate of drug-likeness (QED) is 0.753. The molecule has 2 heteroatoms. The van der Waals surface area contributed by atoms with Crippen LogP contribution in [-0.4, -0.2) is 12.4 Å². The summed E-state index contributed by atoms with van der Waals surface area (Å²) < 4.78 is 5.56. The number of Topliss-reactive ketones (excluding diaryl/α,β-unsaturated/α-hetero) is 1. The predicted molar refractivity (Wildman–Crippen MR) is 59.1 cm³/mol. The highest BCUT2D eigenvalue weighted by molar-refractivity contribution is 5.82. The average Bonchev–Trinajstić information content (AvgIpc) is 2.99. The van der Waals surface area contributed by atoms with Crippen molar-refractivity contribution in [2.75, 3.05) is 6.61 Å². The largest absolute Gasteiger partial charge is 0.494 e. The van der Waals surface area contributed by atoms with E-state index in [1.54, 1.807) is 6.92 Å². The molecule has 1 fully saturated rings. The van der Waals surface area contributed by atoms with Crippen molar-refractivity contribution in [2.45, 2.75) is 26.2 Å². The first kappa shape index (κ1) is 10.2. The molecule has 2 atom stereocenters. The van der Waals surface area contributed by atoms with E-state index in [1.807, 2.05) is 25.1 Å². The van der Waals surface area contributed by atoms with Crippen molar-refractivity contribution >= 4 is 5.78 Å². The fourth-order valence-corrected chi connectivity index (χ4v) is 2.06. The van der Waals surface area contributed by atoms with Gasteiger partial charge in [0.25, 0.3) is 0 Å². The van der Waals surface area contributed by atoms with Gasteiger partial charge in [-0.15, -0.1) is 0 Å². The van der Waals surface area contributed by atoms with Gasteiger partial charge in [0.15, 0.2) is 0 Å². The van der Waals surface area contributed by atoms with E-state index in [4.69, 9.17) is 4.74 Å². The summed E-state index contributed by atoms with van der Waals surface area (Å²) in [6.07, 6.45) is 0.986. The summed E-state index contributed by atoms with van der Waals surface area (Å²) >= 11 is 0. The molecular weight excluding hydrogens is 188 g/mol. The number of hydrogen-bond acceptors (Lipinski definition) is 2. The summed E-state index contributed by atoms with van der Waals surface area (Å²) in [5.74, 6) is 1.86. The zero-order valence-electron chi connectivity index (χ0n) is 9.19. The van der Waals surface area contributed by atoms with E-state index in [1.165, 1.54) is 5.56 Å². The van der Waals surface area contributed by atoms with Gasteiger partial charge in [-0.1, -0.05) is 18.2 Å². The number of carbonyl (C=O) groups excluding carboxylic acids is 1. The molecule has 15 heavy (non-hydrogen) atoms. The van der Waals surface area contributed by atoms with Gasteiger partial charge in [-0.05, 0) is 37.8 Å². The Kier molecular flexibility index (Phi) is 2.76. The van der Waals surface area contributed by atoms with E-state index in [9.17, 15) is 4.79 Å². The highest BCUT2D eigenvalue weighted by atomic mass is 16.5. The van der Waals surface area contributed by atoms with Crippen LogP contribution in [0.25, 0.3) is 0 Å². The van der Waals surface area contributed by atoms with Crippen LogP contribution < -0.4 is 4.74 Å². The Morgan fingerprint density at radius 3 is 2.80 bits per heavy atom. The zero-order valence-corrected chi connectivity index (χ0v) is 9.19. The molecule has 0 spiro atoms. The molecule has 80 valence electrons. The minimum absolute atomic E-state index is 0.228. The first-order valence-corrected chi connectivity index (χ1v) is 5.46. The molecule has 1 aromatic rings. The van der Waals surface area contributed by atoms with Crippen LogP contribution in [0.4, 0.5) is 0 Å². The molecule has 0 heterocycles. The van der Waals surface area contributed by atoms with Gasteiger partial charge in [-0.2, -0.15) is 0 Å². The maximum absolute atomic E-state index is 11.2. The molecule has 0 saturated heterocycles. The van der Waals surface area contributed by atoms with Gasteiger partial charge in [0.2, 0.25) is 0 Å². The normalized spacial score (nSPS) is 23.6. The Hall–Kier alpha value is -1.31. The summed E-state index contributed by atoms with van der Waals surface area (Å²) in [6.45, 7) is 4.33. The highest BCUT2D eigenvalue weighted by Crippen LogP contribution is 2.50. The topological polar surface area (TPSA) is 26.3 Å². The zero-order chi connectivity index (χ0) is 10.8. The highest BCUT2D eigenvalue weighted by Gasteiger charge is 2.43. The van der Waals surface area contributed by atoms with Gasteiger partial charge >= 0.3 is 0 Å². The van der Waals surface area contributed by atoms with Gasteiger partial charge in [0.05, 0.1) is 6.61 Å². The van der Waals surface area contributed by atoms with Crippen molar-refractivity contribution in [1.82, 2.24) is 0 Å². The molecule has 1 aliphatic carbocycles. The molecule has 2 nitrogen and oxygen atoms in total. The van der Waals surface area contributed by atoms with Crippen molar-refractivity contribution in [2.24, 2.45) is 5.92 Å². The molecule has 1 saturated carbocycles. The number of rotatable bonds is 4. The number of ether oxygens (including phenoxy) is 1. The van der Waals surface area contributed by atoms with E-state index >= 15 is 0 Å². The minimum Gasteiger partial charge on any atom is -0.494 e. The Balaban J connectivity index is 2.18. The molecule has 0 amide bonds. The monoisotopic (exact) mass is 204 g/mol. The standard InChI is InChI=1S/C13H16O2/c1-3-15-13-7-5-4-6-10(13)12-8-11(12)9(2)14/h4-7,11-12H,3,8H2,1-2H3. The lowest BCUT2D eigenvalue weighted by Gasteiger charge is -2.08. The lowest BCUT2D eigenvalue weighted by atomic mass is 10.1. The van der Waals surface area contributed by atoms with Crippen LogP contribution in [0, 0.1) is 5.92 Å². The summed E-state index contributed by atoms with van der Waals surface area (Å²) in [6, 6.07) is 8.03. The summed E-state index contributed by atoms with van der Waals surface area (Å²) in [5, 5.41) is 0. The van der Waals surface area contributed by atoms with Gasteiger partial charge in [-0.3, -0.25) is 4.79 Å². The third-order valence-electron chi connectivity index (χ3n) is 2.93. The van der Waals surface area contributed by atoms with Crippen molar-refractivity contribution in [3.63, 3.8) is 0 Å². The molecule has 0 aromatic heterocycles. The second-order valence-electron chi connectivity index (χ2n) is 4.03. The van der Waals surface area contributed by atoms with Crippen molar-refractivity contribution < 1.29 is 9.53 Å². The Morgan fingerprint density at radius 1 is 1.47 bits per heavy atom. The summed E-state index contributed by atoms with van der Waals surface area (Å²) in [4.78, 5) is 11.2. The van der Waals surface area contributed by atoms with Crippen LogP contribution >= 0.6 is 0 Å². The molecule has 0 radical (unpaired) electrons. The number of ketones is 1. The maximum Gasteiger partial charge on any atom is 0.133 e. The minimum atomic E-state index is 0.228. The van der Waals surface area contributed by atoms with Crippen LogP contribution in [-0.2, 0) is 4.79 Å². The maximum atomic E-state index is 11.2. The van der Waals surface area contributed by atoms with Crippen LogP contribution in [0.3, 0.4) is 0 Å². The molecule has 2 unspecified atom stereocenters. The van der Waals surface area contributed by atoms with Crippen molar-refractivity contribution in [3.05, 3.63) is 29.8 Å². The smallest absolute Gasteiger partial charge is 0.133 e. The molecule has 1 aromatic carbocycles. The first-order chi connectivity index (χ1) is 7.24. The lowest BCUT2D eigenvalue weighted by molar-refractivity contribution is -0.118. The average molecular weight is 204 g/mol. The van der Waals surface area contributed by atoms with E-state index < -0.39 is 0 Å². The van der Waals surface area contributed by atoms with E-state index in [2.05, 4.69) is 6.07 Å². The number of para-hydroxylation sites is 1. The predicted octanol–water partition coefficient (Wildman–Crippen LogP) is 2.78. The SMILES string of the molecule is CCOc1ccccc1C1CC1C(C)=O. The van der Waals surface area contributed by atoms with Crippen molar-refractivity contribution in [3.8, 4) is 5.75 Å². The molecule has 0 aliphatic heterocycles. The summed E-state index contributed by atoms with van der Waals surface area (Å²) in [7, 11) is 0. The number of hydrogen-bond donors (Lipinski definition) is 0. The number of carbonyl (C=O) groups is 1. The van der Waals surface area contributed by atoms with Crippen LogP contribution in [0.5, 0.6) is 5.75 Å². The summed E-state index contributed by atoms with van der Waals surface area (Å²) in [5.41, 5.74) is 1.19. The molecule has 0 N–H and O–H groups in total. The van der Waals surface area contributed by atoms with Gasteiger partial charge in [0.1, 0.15) is 11.5 Å². The third-order valence-corrected chi connectivity index (χ3v) is 2.93. The lowest BCUT2D eigenvalue weighted by Crippen LogP contribution is -1.98. The van der Waals surface area contributed by atoms with E-state index in [0.29, 0.717) is 18.3 Å². The van der Waals surface area contributed by atoms with Crippen LogP contribution in [0.2, 0.25) is 0 Å². The fourth-order valence-electron chi connectivity index (χ4n) is 2.06. The van der Waals surface area contributed by atoms with Gasteiger partial charge < -0.3 is 4.74 Å². The van der Waals surface area contributed by atoms with Crippen LogP contribution in [0.15, 0.2) is 24.3 Å². The Labute approximate surface area is 90.3 Å². The third kappa shape index (κ3) is 2.04. The second-order valence-corrected chi connectivity index (χ2v) is 4.03.